The number of nitrogens with two attached hydrogens (primary N) is 1. The molecule has 1 heterocycles. The van der Waals surface area contributed by atoms with Gasteiger partial charge in [0.15, 0.2) is 0 Å². The molecule has 1 aliphatic rings. The minimum Gasteiger partial charge on any atom is -0.330 e. The van der Waals surface area contributed by atoms with Gasteiger partial charge in [0.1, 0.15) is 0 Å². The normalized spacial score (nSPS) is 15.8. The molecule has 1 aliphatic heterocycles. The van der Waals surface area contributed by atoms with Gasteiger partial charge in [0, 0.05) is 6.54 Å². The maximum Gasteiger partial charge on any atom is 0.232 e. The van der Waals surface area contributed by atoms with Gasteiger partial charge in [0.05, 0.1) is 11.9 Å². The van der Waals surface area contributed by atoms with Crippen LogP contribution in [0.2, 0.25) is 0 Å². The van der Waals surface area contributed by atoms with Gasteiger partial charge in [0.2, 0.25) is 10.0 Å². The van der Waals surface area contributed by atoms with Gasteiger partial charge in [-0.3, -0.25) is 4.31 Å². The molecule has 0 aliphatic carbocycles. The van der Waals surface area contributed by atoms with E-state index in [4.69, 9.17) is 5.73 Å². The summed E-state index contributed by atoms with van der Waals surface area (Å²) in [5.41, 5.74) is 8.66. The first kappa shape index (κ1) is 12.4. The van der Waals surface area contributed by atoms with E-state index in [1.54, 1.807) is 0 Å². The smallest absolute Gasteiger partial charge is 0.232 e. The van der Waals surface area contributed by atoms with Crippen LogP contribution in [0.1, 0.15) is 17.5 Å². The summed E-state index contributed by atoms with van der Waals surface area (Å²) >= 11 is 0. The first-order valence-electron chi connectivity index (χ1n) is 5.82. The van der Waals surface area contributed by atoms with Crippen LogP contribution < -0.4 is 10.0 Å². The minimum absolute atomic E-state index is 0.585. The number of rotatable bonds is 3. The molecule has 1 aromatic rings. The Hall–Kier alpha value is -1.07. The highest BCUT2D eigenvalue weighted by atomic mass is 32.2. The summed E-state index contributed by atoms with van der Waals surface area (Å²) in [6.45, 7) is 1.21. The number of sulfonamides is 1. The van der Waals surface area contributed by atoms with Gasteiger partial charge in [-0.25, -0.2) is 8.42 Å². The second kappa shape index (κ2) is 4.66. The Bertz CT molecular complexity index is 511. The Morgan fingerprint density at radius 2 is 2.18 bits per heavy atom. The molecule has 1 aromatic carbocycles. The Morgan fingerprint density at radius 3 is 2.82 bits per heavy atom. The quantitative estimate of drug-likeness (QED) is 0.871. The van der Waals surface area contributed by atoms with Crippen LogP contribution in [-0.2, 0) is 22.9 Å². The Kier molecular flexibility index (Phi) is 3.40. The monoisotopic (exact) mass is 254 g/mol. The van der Waals surface area contributed by atoms with Gasteiger partial charge in [-0.05, 0) is 43.0 Å². The molecule has 94 valence electrons. The van der Waals surface area contributed by atoms with Gasteiger partial charge in [-0.2, -0.15) is 0 Å². The van der Waals surface area contributed by atoms with Crippen molar-refractivity contribution in [3.8, 4) is 0 Å². The van der Waals surface area contributed by atoms with Crippen molar-refractivity contribution in [2.75, 3.05) is 23.7 Å². The third-order valence-corrected chi connectivity index (χ3v) is 4.23. The van der Waals surface area contributed by atoms with Crippen molar-refractivity contribution in [1.29, 1.82) is 0 Å². The fraction of sp³-hybridized carbons (Fsp3) is 0.500. The molecule has 17 heavy (non-hydrogen) atoms. The van der Waals surface area contributed by atoms with Crippen LogP contribution in [-0.4, -0.2) is 27.8 Å². The van der Waals surface area contributed by atoms with Crippen molar-refractivity contribution in [2.45, 2.75) is 19.3 Å². The number of benzene rings is 1. The molecule has 4 nitrogen and oxygen atoms in total. The van der Waals surface area contributed by atoms with Crippen LogP contribution in [0.5, 0.6) is 0 Å². The molecule has 0 amide bonds. The number of fused-ring (bicyclic) bond motifs is 1. The van der Waals surface area contributed by atoms with Gasteiger partial charge in [0.25, 0.3) is 0 Å². The summed E-state index contributed by atoms with van der Waals surface area (Å²) < 4.78 is 24.8. The largest absolute Gasteiger partial charge is 0.330 e. The third kappa shape index (κ3) is 2.61. The molecule has 0 bridgehead atoms. The molecule has 0 unspecified atom stereocenters. The Balaban J connectivity index is 2.40. The predicted molar refractivity (Wildman–Crippen MR) is 69.7 cm³/mol. The molecule has 0 radical (unpaired) electrons. The van der Waals surface area contributed by atoms with Crippen LogP contribution in [0.15, 0.2) is 18.2 Å². The van der Waals surface area contributed by atoms with Crippen LogP contribution in [0, 0.1) is 0 Å². The minimum atomic E-state index is -3.16. The van der Waals surface area contributed by atoms with E-state index in [9.17, 15) is 8.42 Å². The Labute approximate surface area is 102 Å². The molecule has 0 saturated heterocycles. The van der Waals surface area contributed by atoms with Crippen molar-refractivity contribution < 1.29 is 8.42 Å². The van der Waals surface area contributed by atoms with E-state index in [2.05, 4.69) is 6.07 Å². The first-order chi connectivity index (χ1) is 8.02. The van der Waals surface area contributed by atoms with Gasteiger partial charge in [-0.15, -0.1) is 0 Å². The van der Waals surface area contributed by atoms with Crippen LogP contribution >= 0.6 is 0 Å². The topological polar surface area (TPSA) is 63.4 Å². The average molecular weight is 254 g/mol. The Morgan fingerprint density at radius 1 is 1.41 bits per heavy atom. The molecule has 2 rings (SSSR count). The van der Waals surface area contributed by atoms with Crippen molar-refractivity contribution in [1.82, 2.24) is 0 Å². The molecule has 0 saturated carbocycles. The van der Waals surface area contributed by atoms with E-state index in [0.717, 1.165) is 30.5 Å². The van der Waals surface area contributed by atoms with Crippen molar-refractivity contribution in [3.05, 3.63) is 29.3 Å². The second-order valence-corrected chi connectivity index (χ2v) is 6.35. The molecular weight excluding hydrogens is 236 g/mol. The molecule has 2 N–H and O–H groups in total. The summed E-state index contributed by atoms with van der Waals surface area (Å²) in [4.78, 5) is 0. The lowest BCUT2D eigenvalue weighted by atomic mass is 9.99. The summed E-state index contributed by atoms with van der Waals surface area (Å²) in [5.74, 6) is 0. The van der Waals surface area contributed by atoms with E-state index in [1.807, 2.05) is 12.1 Å². The summed E-state index contributed by atoms with van der Waals surface area (Å²) in [6.07, 6.45) is 3.92. The number of nitrogens with zero attached hydrogens (tertiary/aromatic N) is 1. The van der Waals surface area contributed by atoms with Crippen LogP contribution in [0.4, 0.5) is 5.69 Å². The lowest BCUT2D eigenvalue weighted by molar-refractivity contribution is 0.592. The fourth-order valence-corrected chi connectivity index (χ4v) is 3.28. The zero-order valence-electron chi connectivity index (χ0n) is 10.0. The van der Waals surface area contributed by atoms with E-state index in [0.29, 0.717) is 13.1 Å². The molecule has 0 atom stereocenters. The fourth-order valence-electron chi connectivity index (χ4n) is 2.28. The highest BCUT2D eigenvalue weighted by molar-refractivity contribution is 7.92. The van der Waals surface area contributed by atoms with E-state index in [1.165, 1.54) is 16.1 Å². The number of hydrogen-bond donors (Lipinski definition) is 1. The zero-order valence-corrected chi connectivity index (χ0v) is 10.8. The van der Waals surface area contributed by atoms with E-state index >= 15 is 0 Å². The van der Waals surface area contributed by atoms with Gasteiger partial charge >= 0.3 is 0 Å². The first-order valence-corrected chi connectivity index (χ1v) is 7.67. The van der Waals surface area contributed by atoms with E-state index < -0.39 is 10.0 Å². The van der Waals surface area contributed by atoms with Crippen LogP contribution in [0.25, 0.3) is 0 Å². The lowest BCUT2D eigenvalue weighted by Gasteiger charge is -2.29. The molecule has 0 spiro atoms. The summed E-state index contributed by atoms with van der Waals surface area (Å²) in [6, 6.07) is 5.95. The molecule has 5 heteroatoms. The summed E-state index contributed by atoms with van der Waals surface area (Å²) in [7, 11) is -3.16. The zero-order chi connectivity index (χ0) is 12.5. The predicted octanol–water partition coefficient (Wildman–Crippen LogP) is 0.900. The maximum atomic E-state index is 11.7. The number of aryl methyl sites for hydroxylation is 1. The molecule has 0 aromatic heterocycles. The standard InChI is InChI=1S/C12H18N2O2S/c1-17(15,16)14-8-2-3-11-9-10(6-7-13)4-5-12(11)14/h4-5,9H,2-3,6-8,13H2,1H3. The SMILES string of the molecule is CS(=O)(=O)N1CCCc2cc(CCN)ccc21. The van der Waals surface area contributed by atoms with Crippen molar-refractivity contribution in [3.63, 3.8) is 0 Å². The highest BCUT2D eigenvalue weighted by Gasteiger charge is 2.23. The molecular formula is C12H18N2O2S. The number of anilines is 1. The third-order valence-electron chi connectivity index (χ3n) is 3.05. The van der Waals surface area contributed by atoms with Crippen molar-refractivity contribution in [2.24, 2.45) is 5.73 Å². The van der Waals surface area contributed by atoms with Crippen molar-refractivity contribution >= 4 is 15.7 Å². The second-order valence-electron chi connectivity index (χ2n) is 4.44. The van der Waals surface area contributed by atoms with E-state index in [-0.39, 0.29) is 0 Å². The maximum absolute atomic E-state index is 11.7. The number of hydrogen-bond acceptors (Lipinski definition) is 3. The lowest BCUT2D eigenvalue weighted by Crippen LogP contribution is -2.34. The van der Waals surface area contributed by atoms with Crippen LogP contribution in [0.3, 0.4) is 0 Å². The molecule has 0 fully saturated rings. The highest BCUT2D eigenvalue weighted by Crippen LogP contribution is 2.29. The summed E-state index contributed by atoms with van der Waals surface area (Å²) in [5, 5.41) is 0. The van der Waals surface area contributed by atoms with Gasteiger partial charge in [-0.1, -0.05) is 12.1 Å². The average Bonchev–Trinajstić information content (AvgIpc) is 2.27. The van der Waals surface area contributed by atoms with Gasteiger partial charge < -0.3 is 5.73 Å².